The van der Waals surface area contributed by atoms with E-state index >= 15 is 0 Å². The zero-order valence-corrected chi connectivity index (χ0v) is 18.1. The van der Waals surface area contributed by atoms with Crippen LogP contribution in [0.2, 0.25) is 5.02 Å². The Morgan fingerprint density at radius 3 is 2.31 bits per heavy atom. The first-order chi connectivity index (χ1) is 15.5. The fourth-order valence-electron chi connectivity index (χ4n) is 3.67. The molecule has 1 fully saturated rings. The largest absolute Gasteiger partial charge is 0.489 e. The molecule has 0 bridgehead atoms. The van der Waals surface area contributed by atoms with Crippen molar-refractivity contribution in [2.75, 3.05) is 31.1 Å². The van der Waals surface area contributed by atoms with Crippen LogP contribution in [0.1, 0.15) is 15.9 Å². The van der Waals surface area contributed by atoms with Gasteiger partial charge in [-0.3, -0.25) is 14.9 Å². The molecule has 0 aromatic heterocycles. The lowest BCUT2D eigenvalue weighted by Crippen LogP contribution is -2.48. The molecule has 0 atom stereocenters. The molecule has 1 amide bonds. The average Bonchev–Trinajstić information content (AvgIpc) is 2.83. The fourth-order valence-corrected chi connectivity index (χ4v) is 3.84. The Balaban J connectivity index is 1.35. The lowest BCUT2D eigenvalue weighted by molar-refractivity contribution is -0.385. The van der Waals surface area contributed by atoms with Gasteiger partial charge in [0.2, 0.25) is 0 Å². The summed E-state index contributed by atoms with van der Waals surface area (Å²) >= 11 is 5.97. The van der Waals surface area contributed by atoms with Crippen LogP contribution in [0, 0.1) is 10.1 Å². The molecule has 7 nitrogen and oxygen atoms in total. The molecule has 32 heavy (non-hydrogen) atoms. The second-order valence-corrected chi connectivity index (χ2v) is 7.90. The second kappa shape index (κ2) is 9.70. The van der Waals surface area contributed by atoms with Crippen LogP contribution in [0.4, 0.5) is 11.4 Å². The predicted octanol–water partition coefficient (Wildman–Crippen LogP) is 4.79. The number of carbonyl (C=O) groups excluding carboxylic acids is 1. The Labute approximate surface area is 190 Å². The van der Waals surface area contributed by atoms with Crippen LogP contribution in [0.25, 0.3) is 0 Å². The van der Waals surface area contributed by atoms with Gasteiger partial charge in [-0.2, -0.15) is 0 Å². The molecule has 0 aliphatic carbocycles. The van der Waals surface area contributed by atoms with Gasteiger partial charge in [-0.1, -0.05) is 41.9 Å². The number of nitro groups is 1. The Hall–Kier alpha value is -3.58. The topological polar surface area (TPSA) is 75.9 Å². The zero-order chi connectivity index (χ0) is 22.5. The van der Waals surface area contributed by atoms with Gasteiger partial charge >= 0.3 is 0 Å². The Kier molecular flexibility index (Phi) is 6.56. The molecular weight excluding hydrogens is 430 g/mol. The van der Waals surface area contributed by atoms with E-state index in [-0.39, 0.29) is 17.2 Å². The first kappa shape index (κ1) is 21.6. The molecule has 0 saturated carbocycles. The van der Waals surface area contributed by atoms with E-state index in [0.717, 1.165) is 17.0 Å². The minimum atomic E-state index is -0.554. The maximum absolute atomic E-state index is 12.9. The molecule has 0 N–H and O–H groups in total. The highest BCUT2D eigenvalue weighted by atomic mass is 35.5. The highest BCUT2D eigenvalue weighted by Gasteiger charge is 2.28. The highest BCUT2D eigenvalue weighted by molar-refractivity contribution is 6.31. The van der Waals surface area contributed by atoms with Crippen LogP contribution in [-0.2, 0) is 6.61 Å². The molecule has 0 unspecified atom stereocenters. The number of amides is 1. The first-order valence-corrected chi connectivity index (χ1v) is 10.6. The minimum Gasteiger partial charge on any atom is -0.489 e. The number of anilines is 1. The molecule has 1 saturated heterocycles. The summed E-state index contributed by atoms with van der Waals surface area (Å²) in [5.41, 5.74) is 1.94. The van der Waals surface area contributed by atoms with E-state index in [1.165, 1.54) is 18.2 Å². The lowest BCUT2D eigenvalue weighted by Gasteiger charge is -2.36. The number of halogens is 1. The first-order valence-electron chi connectivity index (χ1n) is 10.3. The zero-order valence-electron chi connectivity index (χ0n) is 17.3. The number of carbonyl (C=O) groups is 1. The summed E-state index contributed by atoms with van der Waals surface area (Å²) in [7, 11) is 0. The Morgan fingerprint density at radius 2 is 1.66 bits per heavy atom. The number of hydrogen-bond acceptors (Lipinski definition) is 5. The molecule has 3 aromatic rings. The van der Waals surface area contributed by atoms with Crippen LogP contribution in [0.5, 0.6) is 5.75 Å². The van der Waals surface area contributed by atoms with Gasteiger partial charge in [0.05, 0.1) is 4.92 Å². The van der Waals surface area contributed by atoms with Crippen molar-refractivity contribution in [3.63, 3.8) is 0 Å². The molecule has 164 valence electrons. The summed E-state index contributed by atoms with van der Waals surface area (Å²) in [5.74, 6) is 0.420. The van der Waals surface area contributed by atoms with Crippen molar-refractivity contribution in [1.29, 1.82) is 0 Å². The Bertz CT molecular complexity index is 1100. The van der Waals surface area contributed by atoms with Crippen molar-refractivity contribution in [3.8, 4) is 5.75 Å². The highest BCUT2D eigenvalue weighted by Crippen LogP contribution is 2.26. The third-order valence-corrected chi connectivity index (χ3v) is 5.64. The van der Waals surface area contributed by atoms with E-state index in [2.05, 4.69) is 4.90 Å². The van der Waals surface area contributed by atoms with Gasteiger partial charge < -0.3 is 14.5 Å². The van der Waals surface area contributed by atoms with Crippen molar-refractivity contribution >= 4 is 28.9 Å². The fraction of sp³-hybridized carbons (Fsp3) is 0.208. The van der Waals surface area contributed by atoms with Gasteiger partial charge in [0.1, 0.15) is 17.9 Å². The third kappa shape index (κ3) is 5.00. The van der Waals surface area contributed by atoms with Crippen molar-refractivity contribution in [2.45, 2.75) is 6.61 Å². The molecule has 0 spiro atoms. The number of hydrogen-bond donors (Lipinski definition) is 0. The van der Waals surface area contributed by atoms with Crippen molar-refractivity contribution < 1.29 is 14.5 Å². The number of benzene rings is 3. The van der Waals surface area contributed by atoms with Crippen LogP contribution in [0.15, 0.2) is 72.8 Å². The van der Waals surface area contributed by atoms with E-state index in [1.807, 2.05) is 54.6 Å². The van der Waals surface area contributed by atoms with Crippen LogP contribution in [-0.4, -0.2) is 41.9 Å². The summed E-state index contributed by atoms with van der Waals surface area (Å²) in [5, 5.41) is 11.6. The smallest absolute Gasteiger partial charge is 0.282 e. The number of piperazine rings is 1. The summed E-state index contributed by atoms with van der Waals surface area (Å²) < 4.78 is 5.83. The monoisotopic (exact) mass is 451 g/mol. The number of nitro benzene ring substituents is 1. The summed E-state index contributed by atoms with van der Waals surface area (Å²) in [4.78, 5) is 27.4. The molecule has 0 radical (unpaired) electrons. The maximum atomic E-state index is 12.9. The minimum absolute atomic E-state index is 0.0240. The SMILES string of the molecule is O=C(c1cc(Cl)ccc1[N+](=O)[O-])N1CCN(c2ccc(OCc3ccccc3)cc2)CC1. The lowest BCUT2D eigenvalue weighted by atomic mass is 10.1. The van der Waals surface area contributed by atoms with Crippen molar-refractivity contribution in [3.05, 3.63) is 99.1 Å². The van der Waals surface area contributed by atoms with Crippen LogP contribution < -0.4 is 9.64 Å². The van der Waals surface area contributed by atoms with Crippen molar-refractivity contribution in [1.82, 2.24) is 4.90 Å². The van der Waals surface area contributed by atoms with Gasteiger partial charge in [-0.25, -0.2) is 0 Å². The van der Waals surface area contributed by atoms with Gasteiger partial charge in [0.15, 0.2) is 0 Å². The normalized spacial score (nSPS) is 13.7. The van der Waals surface area contributed by atoms with E-state index in [4.69, 9.17) is 16.3 Å². The molecule has 8 heteroatoms. The Morgan fingerprint density at radius 1 is 0.969 bits per heavy atom. The van der Waals surface area contributed by atoms with E-state index in [9.17, 15) is 14.9 Å². The predicted molar refractivity (Wildman–Crippen MR) is 123 cm³/mol. The number of rotatable bonds is 6. The molecular formula is C24H22ClN3O4. The molecule has 1 heterocycles. The van der Waals surface area contributed by atoms with E-state index in [1.54, 1.807) is 4.90 Å². The standard InChI is InChI=1S/C24H22ClN3O4/c25-19-6-11-23(28(30)31)22(16-19)24(29)27-14-12-26(13-15-27)20-7-9-21(10-8-20)32-17-18-4-2-1-3-5-18/h1-11,16H,12-15,17H2. The van der Waals surface area contributed by atoms with Gasteiger partial charge in [0, 0.05) is 43.0 Å². The molecule has 1 aliphatic heterocycles. The molecule has 1 aliphatic rings. The number of ether oxygens (including phenoxy) is 1. The van der Waals surface area contributed by atoms with Crippen LogP contribution >= 0.6 is 11.6 Å². The molecule has 3 aromatic carbocycles. The average molecular weight is 452 g/mol. The quantitative estimate of drug-likeness (QED) is 0.398. The van der Waals surface area contributed by atoms with Crippen molar-refractivity contribution in [2.24, 2.45) is 0 Å². The van der Waals surface area contributed by atoms with E-state index in [0.29, 0.717) is 37.8 Å². The molecule has 4 rings (SSSR count). The second-order valence-electron chi connectivity index (χ2n) is 7.47. The maximum Gasteiger partial charge on any atom is 0.282 e. The number of nitrogens with zero attached hydrogens (tertiary/aromatic N) is 3. The summed E-state index contributed by atoms with van der Waals surface area (Å²) in [6, 6.07) is 21.9. The third-order valence-electron chi connectivity index (χ3n) is 5.40. The van der Waals surface area contributed by atoms with Gasteiger partial charge in [-0.05, 0) is 42.0 Å². The summed E-state index contributed by atoms with van der Waals surface area (Å²) in [6.45, 7) is 2.70. The van der Waals surface area contributed by atoms with Crippen LogP contribution in [0.3, 0.4) is 0 Å². The van der Waals surface area contributed by atoms with E-state index < -0.39 is 4.92 Å². The van der Waals surface area contributed by atoms with Gasteiger partial charge in [0.25, 0.3) is 11.6 Å². The van der Waals surface area contributed by atoms with Gasteiger partial charge in [-0.15, -0.1) is 0 Å². The summed E-state index contributed by atoms with van der Waals surface area (Å²) in [6.07, 6.45) is 0.